The Labute approximate surface area is 189 Å². The summed E-state index contributed by atoms with van der Waals surface area (Å²) in [7, 11) is 1.66. The Bertz CT molecular complexity index is 1030. The topological polar surface area (TPSA) is 39.1 Å². The highest BCUT2D eigenvalue weighted by atomic mass is 35.5. The fourth-order valence-corrected chi connectivity index (χ4v) is 5.00. The minimum atomic E-state index is 0.603. The number of hydrogen-bond donors (Lipinski definition) is 1. The van der Waals surface area contributed by atoms with E-state index < -0.39 is 0 Å². The van der Waals surface area contributed by atoms with Gasteiger partial charge in [0.05, 0.1) is 24.4 Å². The lowest BCUT2D eigenvalue weighted by molar-refractivity contribution is 0.338. The van der Waals surface area contributed by atoms with Gasteiger partial charge in [0.15, 0.2) is 0 Å². The van der Waals surface area contributed by atoms with Crippen molar-refractivity contribution in [3.8, 4) is 16.9 Å². The average Bonchev–Trinajstić information content (AvgIpc) is 3.54. The SMILES string of the molecule is COc1ccc(C2CCC(CNc3cccc(-c4cnn(C5CC5)c4)c3)CC2)cc1Cl. The quantitative estimate of drug-likeness (QED) is 0.437. The van der Waals surface area contributed by atoms with Gasteiger partial charge in [-0.3, -0.25) is 4.68 Å². The molecule has 0 amide bonds. The molecule has 0 spiro atoms. The first-order valence-electron chi connectivity index (χ1n) is 11.4. The van der Waals surface area contributed by atoms with Crippen LogP contribution in [0.3, 0.4) is 0 Å². The van der Waals surface area contributed by atoms with E-state index in [0.717, 1.165) is 12.3 Å². The molecule has 5 rings (SSSR count). The second-order valence-corrected chi connectivity index (χ2v) is 9.42. The van der Waals surface area contributed by atoms with E-state index in [1.807, 2.05) is 12.3 Å². The Hall–Kier alpha value is -2.46. The van der Waals surface area contributed by atoms with Crippen LogP contribution in [-0.4, -0.2) is 23.4 Å². The van der Waals surface area contributed by atoms with Gasteiger partial charge in [0.25, 0.3) is 0 Å². The highest BCUT2D eigenvalue weighted by Gasteiger charge is 2.25. The average molecular weight is 436 g/mol. The smallest absolute Gasteiger partial charge is 0.137 e. The van der Waals surface area contributed by atoms with Crippen molar-refractivity contribution in [2.24, 2.45) is 5.92 Å². The zero-order chi connectivity index (χ0) is 21.2. The van der Waals surface area contributed by atoms with Crippen molar-refractivity contribution < 1.29 is 4.74 Å². The monoisotopic (exact) mass is 435 g/mol. The third kappa shape index (κ3) is 4.74. The van der Waals surface area contributed by atoms with Crippen molar-refractivity contribution in [3.63, 3.8) is 0 Å². The Balaban J connectivity index is 1.15. The van der Waals surface area contributed by atoms with E-state index in [9.17, 15) is 0 Å². The number of nitrogens with one attached hydrogen (secondary N) is 1. The Kier molecular flexibility index (Phi) is 5.91. The van der Waals surface area contributed by atoms with Crippen LogP contribution in [0.4, 0.5) is 5.69 Å². The number of halogens is 1. The van der Waals surface area contributed by atoms with Gasteiger partial charge in [0.2, 0.25) is 0 Å². The van der Waals surface area contributed by atoms with Gasteiger partial charge < -0.3 is 10.1 Å². The lowest BCUT2D eigenvalue weighted by Gasteiger charge is -2.29. The van der Waals surface area contributed by atoms with Gasteiger partial charge in [-0.05, 0) is 85.8 Å². The molecule has 31 heavy (non-hydrogen) atoms. The zero-order valence-corrected chi connectivity index (χ0v) is 18.8. The summed E-state index contributed by atoms with van der Waals surface area (Å²) >= 11 is 6.33. The molecular formula is C26H30ClN3O. The van der Waals surface area contributed by atoms with E-state index in [-0.39, 0.29) is 0 Å². The van der Waals surface area contributed by atoms with E-state index in [0.29, 0.717) is 22.9 Å². The van der Waals surface area contributed by atoms with Gasteiger partial charge in [0.1, 0.15) is 5.75 Å². The Morgan fingerprint density at radius 1 is 1.03 bits per heavy atom. The second kappa shape index (κ2) is 8.96. The summed E-state index contributed by atoms with van der Waals surface area (Å²) in [5.41, 5.74) is 4.98. The Morgan fingerprint density at radius 2 is 1.87 bits per heavy atom. The molecule has 1 heterocycles. The summed E-state index contributed by atoms with van der Waals surface area (Å²) in [6.07, 6.45) is 11.6. The predicted molar refractivity (Wildman–Crippen MR) is 127 cm³/mol. The number of anilines is 1. The summed E-state index contributed by atoms with van der Waals surface area (Å²) < 4.78 is 7.40. The molecule has 0 bridgehead atoms. The largest absolute Gasteiger partial charge is 0.495 e. The van der Waals surface area contributed by atoms with Crippen molar-refractivity contribution >= 4 is 17.3 Å². The molecule has 2 aliphatic rings. The van der Waals surface area contributed by atoms with Crippen molar-refractivity contribution in [1.82, 2.24) is 9.78 Å². The normalized spacial score (nSPS) is 21.1. The van der Waals surface area contributed by atoms with Crippen LogP contribution < -0.4 is 10.1 Å². The van der Waals surface area contributed by atoms with Crippen LogP contribution in [0, 0.1) is 5.92 Å². The summed E-state index contributed by atoms with van der Waals surface area (Å²) in [6.45, 7) is 1.03. The van der Waals surface area contributed by atoms with Crippen LogP contribution in [0.25, 0.3) is 11.1 Å². The summed E-state index contributed by atoms with van der Waals surface area (Å²) in [4.78, 5) is 0. The number of methoxy groups -OCH3 is 1. The maximum atomic E-state index is 6.33. The maximum Gasteiger partial charge on any atom is 0.137 e. The van der Waals surface area contributed by atoms with E-state index in [4.69, 9.17) is 16.3 Å². The van der Waals surface area contributed by atoms with Crippen LogP contribution in [-0.2, 0) is 0 Å². The van der Waals surface area contributed by atoms with Crippen molar-refractivity contribution in [1.29, 1.82) is 0 Å². The highest BCUT2D eigenvalue weighted by Crippen LogP contribution is 2.38. The van der Waals surface area contributed by atoms with Crippen LogP contribution in [0.15, 0.2) is 54.9 Å². The van der Waals surface area contributed by atoms with Gasteiger partial charge in [-0.1, -0.05) is 29.8 Å². The summed E-state index contributed by atoms with van der Waals surface area (Å²) in [5.74, 6) is 2.07. The predicted octanol–water partition coefficient (Wildman–Crippen LogP) is 6.93. The molecule has 0 unspecified atom stereocenters. The van der Waals surface area contributed by atoms with Crippen LogP contribution in [0.5, 0.6) is 5.75 Å². The molecule has 4 nitrogen and oxygen atoms in total. The lowest BCUT2D eigenvalue weighted by Crippen LogP contribution is -2.20. The maximum absolute atomic E-state index is 6.33. The molecule has 2 saturated carbocycles. The van der Waals surface area contributed by atoms with E-state index >= 15 is 0 Å². The van der Waals surface area contributed by atoms with Crippen LogP contribution >= 0.6 is 11.6 Å². The molecule has 5 heteroatoms. The number of ether oxygens (including phenoxy) is 1. The van der Waals surface area contributed by atoms with Crippen LogP contribution in [0.2, 0.25) is 5.02 Å². The number of benzene rings is 2. The Morgan fingerprint density at radius 3 is 2.61 bits per heavy atom. The van der Waals surface area contributed by atoms with Crippen molar-refractivity contribution in [2.45, 2.75) is 50.5 Å². The van der Waals surface area contributed by atoms with Gasteiger partial charge in [-0.25, -0.2) is 0 Å². The van der Waals surface area contributed by atoms with Gasteiger partial charge in [0, 0.05) is 24.0 Å². The molecule has 1 N–H and O–H groups in total. The molecule has 0 atom stereocenters. The van der Waals surface area contributed by atoms with Gasteiger partial charge in [-0.2, -0.15) is 5.10 Å². The van der Waals surface area contributed by atoms with E-state index in [1.165, 1.54) is 60.9 Å². The third-order valence-electron chi connectivity index (χ3n) is 6.81. The molecule has 2 aromatic carbocycles. The fraction of sp³-hybridized carbons (Fsp3) is 0.423. The molecule has 3 aromatic rings. The number of hydrogen-bond acceptors (Lipinski definition) is 3. The molecule has 0 saturated heterocycles. The fourth-order valence-electron chi connectivity index (χ4n) is 4.73. The molecule has 0 radical (unpaired) electrons. The third-order valence-corrected chi connectivity index (χ3v) is 7.10. The zero-order valence-electron chi connectivity index (χ0n) is 18.1. The van der Waals surface area contributed by atoms with Crippen LogP contribution in [0.1, 0.15) is 56.0 Å². The van der Waals surface area contributed by atoms with E-state index in [2.05, 4.69) is 57.7 Å². The molecule has 2 aliphatic carbocycles. The van der Waals surface area contributed by atoms with E-state index in [1.54, 1.807) is 7.11 Å². The first-order chi connectivity index (χ1) is 15.2. The van der Waals surface area contributed by atoms with Gasteiger partial charge >= 0.3 is 0 Å². The molecular weight excluding hydrogens is 406 g/mol. The second-order valence-electron chi connectivity index (χ2n) is 9.01. The lowest BCUT2D eigenvalue weighted by atomic mass is 9.78. The number of rotatable bonds is 7. The number of nitrogens with zero attached hydrogens (tertiary/aromatic N) is 2. The molecule has 2 fully saturated rings. The summed E-state index contributed by atoms with van der Waals surface area (Å²) in [6, 6.07) is 15.6. The first kappa shape index (κ1) is 20.4. The van der Waals surface area contributed by atoms with Gasteiger partial charge in [-0.15, -0.1) is 0 Å². The summed E-state index contributed by atoms with van der Waals surface area (Å²) in [5, 5.41) is 8.93. The molecule has 162 valence electrons. The molecule has 1 aromatic heterocycles. The standard InChI is InChI=1S/C26H30ClN3O/c1-31-26-12-9-21(14-25(26)27)19-7-5-18(6-8-19)15-28-23-4-2-3-20(13-23)22-16-29-30(17-22)24-10-11-24/h2-4,9,12-14,16-19,24,28H,5-8,10-11,15H2,1H3. The number of aromatic nitrogens is 2. The first-order valence-corrected chi connectivity index (χ1v) is 11.8. The van der Waals surface area contributed by atoms with Crippen molar-refractivity contribution in [2.75, 3.05) is 19.0 Å². The highest BCUT2D eigenvalue weighted by molar-refractivity contribution is 6.32. The molecule has 0 aliphatic heterocycles. The van der Waals surface area contributed by atoms with Crippen molar-refractivity contribution in [3.05, 3.63) is 65.4 Å². The minimum absolute atomic E-state index is 0.603. The minimum Gasteiger partial charge on any atom is -0.495 e.